The van der Waals surface area contributed by atoms with Gasteiger partial charge in [0.1, 0.15) is 23.7 Å². The van der Waals surface area contributed by atoms with E-state index in [0.717, 1.165) is 47.5 Å². The van der Waals surface area contributed by atoms with Crippen LogP contribution in [0.1, 0.15) is 24.0 Å². The van der Waals surface area contributed by atoms with E-state index in [4.69, 9.17) is 20.8 Å². The van der Waals surface area contributed by atoms with Gasteiger partial charge in [-0.3, -0.25) is 4.90 Å². The Morgan fingerprint density at radius 2 is 1.71 bits per heavy atom. The highest BCUT2D eigenvalue weighted by molar-refractivity contribution is 6.30. The Kier molecular flexibility index (Phi) is 6.57. The monoisotopic (exact) mass is 475 g/mol. The number of likely N-dealkylation sites (tertiary alicyclic amines) is 1. The fourth-order valence-electron chi connectivity index (χ4n) is 4.55. The van der Waals surface area contributed by atoms with E-state index in [1.807, 2.05) is 36.4 Å². The molecular weight excluding hydrogens is 450 g/mol. The number of benzene rings is 3. The molecule has 34 heavy (non-hydrogen) atoms. The zero-order chi connectivity index (χ0) is 23.5. The Morgan fingerprint density at radius 1 is 0.971 bits per heavy atom. The lowest BCUT2D eigenvalue weighted by Gasteiger charge is -2.15. The number of ether oxygens (including phenoxy) is 1. The Bertz CT molecular complexity index is 1340. The van der Waals surface area contributed by atoms with Gasteiger partial charge in [-0.25, -0.2) is 4.79 Å². The van der Waals surface area contributed by atoms with Crippen LogP contribution in [0.5, 0.6) is 11.5 Å². The van der Waals surface area contributed by atoms with Gasteiger partial charge >= 0.3 is 5.63 Å². The number of phenolic OH excluding ortho intramolecular Hbond substituents is 1. The first kappa shape index (κ1) is 22.5. The van der Waals surface area contributed by atoms with E-state index in [0.29, 0.717) is 29.2 Å². The average molecular weight is 476 g/mol. The lowest BCUT2D eigenvalue weighted by atomic mass is 9.93. The summed E-state index contributed by atoms with van der Waals surface area (Å²) in [4.78, 5) is 15.4. The fraction of sp³-hybridized carbons (Fsp3) is 0.250. The summed E-state index contributed by atoms with van der Waals surface area (Å²) in [5.74, 6) is 0.888. The zero-order valence-electron chi connectivity index (χ0n) is 18.8. The van der Waals surface area contributed by atoms with E-state index in [2.05, 4.69) is 4.90 Å². The van der Waals surface area contributed by atoms with Crippen LogP contribution in [0.25, 0.3) is 22.1 Å². The number of hydrogen-bond acceptors (Lipinski definition) is 5. The predicted octanol–water partition coefficient (Wildman–Crippen LogP) is 5.88. The molecule has 6 heteroatoms. The molecule has 0 radical (unpaired) electrons. The van der Waals surface area contributed by atoms with Crippen molar-refractivity contribution < 1.29 is 14.3 Å². The molecular formula is C28H26ClNO4. The van der Waals surface area contributed by atoms with Gasteiger partial charge in [0.2, 0.25) is 0 Å². The van der Waals surface area contributed by atoms with Crippen molar-refractivity contribution in [3.05, 3.63) is 93.3 Å². The highest BCUT2D eigenvalue weighted by Crippen LogP contribution is 2.32. The maximum atomic E-state index is 13.0. The van der Waals surface area contributed by atoms with E-state index in [1.165, 1.54) is 18.9 Å². The molecule has 0 amide bonds. The Morgan fingerprint density at radius 3 is 2.44 bits per heavy atom. The highest BCUT2D eigenvalue weighted by Gasteiger charge is 2.18. The van der Waals surface area contributed by atoms with Crippen LogP contribution in [0.3, 0.4) is 0 Å². The molecule has 0 spiro atoms. The van der Waals surface area contributed by atoms with Gasteiger partial charge in [-0.15, -0.1) is 0 Å². The van der Waals surface area contributed by atoms with Crippen molar-refractivity contribution in [2.45, 2.75) is 19.3 Å². The van der Waals surface area contributed by atoms with Crippen LogP contribution in [0, 0.1) is 0 Å². The zero-order valence-corrected chi connectivity index (χ0v) is 19.6. The molecule has 1 aromatic heterocycles. The Balaban J connectivity index is 1.44. The Labute approximate surface area is 203 Å². The second kappa shape index (κ2) is 9.92. The standard InChI is InChI=1S/C28H26ClNO4/c29-21-7-5-20(6-8-21)27-25(24-12-9-22(31)18-26(24)34-28(27)32)17-19-3-10-23(11-4-19)33-16-15-30-13-1-2-14-30/h3-12,18,31H,1-2,13-17H2. The molecule has 0 bridgehead atoms. The molecule has 2 heterocycles. The quantitative estimate of drug-likeness (QED) is 0.338. The maximum Gasteiger partial charge on any atom is 0.344 e. The first-order valence-electron chi connectivity index (χ1n) is 11.6. The maximum absolute atomic E-state index is 13.0. The van der Waals surface area contributed by atoms with Crippen molar-refractivity contribution in [3.8, 4) is 22.6 Å². The minimum atomic E-state index is -0.447. The summed E-state index contributed by atoms with van der Waals surface area (Å²) in [5, 5.41) is 11.3. The molecule has 0 unspecified atom stereocenters. The van der Waals surface area contributed by atoms with E-state index >= 15 is 0 Å². The van der Waals surface area contributed by atoms with Gasteiger partial charge in [-0.2, -0.15) is 0 Å². The number of rotatable bonds is 7. The predicted molar refractivity (Wildman–Crippen MR) is 135 cm³/mol. The number of nitrogens with zero attached hydrogens (tertiary/aromatic N) is 1. The van der Waals surface area contributed by atoms with Gasteiger partial charge in [0.25, 0.3) is 0 Å². The molecule has 0 atom stereocenters. The number of aromatic hydroxyl groups is 1. The third kappa shape index (κ3) is 4.96. The van der Waals surface area contributed by atoms with Crippen molar-refractivity contribution in [3.63, 3.8) is 0 Å². The second-order valence-electron chi connectivity index (χ2n) is 8.65. The first-order valence-corrected chi connectivity index (χ1v) is 11.9. The lowest BCUT2D eigenvalue weighted by Crippen LogP contribution is -2.25. The van der Waals surface area contributed by atoms with Crippen LogP contribution >= 0.6 is 11.6 Å². The van der Waals surface area contributed by atoms with Crippen molar-refractivity contribution in [2.24, 2.45) is 0 Å². The molecule has 4 aromatic rings. The smallest absolute Gasteiger partial charge is 0.344 e. The minimum Gasteiger partial charge on any atom is -0.508 e. The summed E-state index contributed by atoms with van der Waals surface area (Å²) in [6.45, 7) is 3.95. The van der Waals surface area contributed by atoms with Crippen molar-refractivity contribution in [1.29, 1.82) is 0 Å². The minimum absolute atomic E-state index is 0.0521. The molecule has 5 nitrogen and oxygen atoms in total. The molecule has 174 valence electrons. The molecule has 0 aliphatic carbocycles. The van der Waals surface area contributed by atoms with Gasteiger partial charge in [0.15, 0.2) is 0 Å². The Hall–Kier alpha value is -3.28. The molecule has 1 aliphatic rings. The third-order valence-electron chi connectivity index (χ3n) is 6.31. The van der Waals surface area contributed by atoms with Crippen LogP contribution in [-0.4, -0.2) is 36.2 Å². The summed E-state index contributed by atoms with van der Waals surface area (Å²) in [6.07, 6.45) is 3.08. The van der Waals surface area contributed by atoms with Crippen LogP contribution < -0.4 is 10.4 Å². The van der Waals surface area contributed by atoms with Crippen LogP contribution in [-0.2, 0) is 6.42 Å². The van der Waals surface area contributed by atoms with Gasteiger partial charge in [-0.05, 0) is 85.4 Å². The molecule has 1 aliphatic heterocycles. The van der Waals surface area contributed by atoms with Gasteiger partial charge in [0.05, 0.1) is 5.56 Å². The summed E-state index contributed by atoms with van der Waals surface area (Å²) < 4.78 is 11.5. The van der Waals surface area contributed by atoms with Crippen molar-refractivity contribution >= 4 is 22.6 Å². The summed E-state index contributed by atoms with van der Waals surface area (Å²) in [6, 6.07) is 20.0. The third-order valence-corrected chi connectivity index (χ3v) is 6.56. The van der Waals surface area contributed by atoms with E-state index in [1.54, 1.807) is 24.3 Å². The van der Waals surface area contributed by atoms with Crippen LogP contribution in [0.15, 0.2) is 75.9 Å². The molecule has 3 aromatic carbocycles. The highest BCUT2D eigenvalue weighted by atomic mass is 35.5. The number of halogens is 1. The van der Waals surface area contributed by atoms with Crippen molar-refractivity contribution in [2.75, 3.05) is 26.2 Å². The van der Waals surface area contributed by atoms with E-state index in [9.17, 15) is 9.90 Å². The topological polar surface area (TPSA) is 62.9 Å². The molecule has 1 N–H and O–H groups in total. The van der Waals surface area contributed by atoms with E-state index in [-0.39, 0.29) is 5.75 Å². The average Bonchev–Trinajstić information content (AvgIpc) is 3.34. The lowest BCUT2D eigenvalue weighted by molar-refractivity contribution is 0.238. The summed E-state index contributed by atoms with van der Waals surface area (Å²) in [7, 11) is 0. The molecule has 5 rings (SSSR count). The largest absolute Gasteiger partial charge is 0.508 e. The molecule has 0 saturated carbocycles. The number of hydrogen-bond donors (Lipinski definition) is 1. The van der Waals surface area contributed by atoms with Gasteiger partial charge in [-0.1, -0.05) is 35.9 Å². The van der Waals surface area contributed by atoms with Crippen LogP contribution in [0.4, 0.5) is 0 Å². The van der Waals surface area contributed by atoms with Crippen LogP contribution in [0.2, 0.25) is 5.02 Å². The van der Waals surface area contributed by atoms with Gasteiger partial charge in [0, 0.05) is 23.0 Å². The second-order valence-corrected chi connectivity index (χ2v) is 9.08. The normalized spacial score (nSPS) is 14.0. The van der Waals surface area contributed by atoms with Gasteiger partial charge < -0.3 is 14.3 Å². The first-order chi connectivity index (χ1) is 16.6. The molecule has 1 saturated heterocycles. The SMILES string of the molecule is O=c1oc2cc(O)ccc2c(Cc2ccc(OCCN3CCCC3)cc2)c1-c1ccc(Cl)cc1. The molecule has 1 fully saturated rings. The van der Waals surface area contributed by atoms with E-state index < -0.39 is 5.63 Å². The summed E-state index contributed by atoms with van der Waals surface area (Å²) in [5.41, 5.74) is 3.04. The summed E-state index contributed by atoms with van der Waals surface area (Å²) >= 11 is 6.06. The number of fused-ring (bicyclic) bond motifs is 1. The number of phenols is 1. The van der Waals surface area contributed by atoms with Crippen molar-refractivity contribution in [1.82, 2.24) is 4.90 Å². The fourth-order valence-corrected chi connectivity index (χ4v) is 4.68.